The highest BCUT2D eigenvalue weighted by Crippen LogP contribution is 2.30. The summed E-state index contributed by atoms with van der Waals surface area (Å²) in [5, 5.41) is 3.01. The summed E-state index contributed by atoms with van der Waals surface area (Å²) in [5.41, 5.74) is 4.72. The number of hydrogen-bond donors (Lipinski definition) is 2. The van der Waals surface area contributed by atoms with Gasteiger partial charge in [0.05, 0.1) is 39.4 Å². The van der Waals surface area contributed by atoms with Gasteiger partial charge in [-0.15, -0.1) is 0 Å². The number of anilines is 2. The lowest BCUT2D eigenvalue weighted by atomic mass is 10.1. The van der Waals surface area contributed by atoms with Crippen molar-refractivity contribution >= 4 is 17.3 Å². The third-order valence-corrected chi connectivity index (χ3v) is 5.62. The number of carbonyl (C=O) groups is 1. The molecule has 0 aromatic heterocycles. The van der Waals surface area contributed by atoms with Gasteiger partial charge in [0.15, 0.2) is 18.0 Å². The van der Waals surface area contributed by atoms with Gasteiger partial charge >= 0.3 is 0 Å². The van der Waals surface area contributed by atoms with Gasteiger partial charge in [-0.3, -0.25) is 4.79 Å². The Morgan fingerprint density at radius 1 is 1.03 bits per heavy atom. The van der Waals surface area contributed by atoms with E-state index in [9.17, 15) is 4.79 Å². The molecule has 1 heterocycles. The van der Waals surface area contributed by atoms with Crippen molar-refractivity contribution in [2.45, 2.75) is 27.7 Å². The van der Waals surface area contributed by atoms with E-state index in [4.69, 9.17) is 9.47 Å². The van der Waals surface area contributed by atoms with Gasteiger partial charge in [-0.2, -0.15) is 0 Å². The Morgan fingerprint density at radius 2 is 1.73 bits per heavy atom. The second-order valence-electron chi connectivity index (χ2n) is 7.71. The largest absolute Gasteiger partial charge is 0.490 e. The van der Waals surface area contributed by atoms with E-state index in [0.29, 0.717) is 31.3 Å². The summed E-state index contributed by atoms with van der Waals surface area (Å²) >= 11 is 0. The molecule has 0 aliphatic carbocycles. The van der Waals surface area contributed by atoms with Gasteiger partial charge < -0.3 is 24.6 Å². The molecule has 0 spiro atoms. The summed E-state index contributed by atoms with van der Waals surface area (Å²) in [6.07, 6.45) is 0. The number of hydrogen-bond acceptors (Lipinski definition) is 4. The van der Waals surface area contributed by atoms with E-state index in [1.165, 1.54) is 21.7 Å². The molecule has 2 aromatic rings. The Hall–Kier alpha value is -2.73. The maximum Gasteiger partial charge on any atom is 0.279 e. The number of nitrogens with one attached hydrogen (secondary N) is 2. The van der Waals surface area contributed by atoms with Crippen molar-refractivity contribution in [3.63, 3.8) is 0 Å². The predicted molar refractivity (Wildman–Crippen MR) is 121 cm³/mol. The Morgan fingerprint density at radius 3 is 2.43 bits per heavy atom. The number of amides is 1. The Balaban J connectivity index is 1.54. The van der Waals surface area contributed by atoms with Crippen LogP contribution >= 0.6 is 0 Å². The van der Waals surface area contributed by atoms with Crippen molar-refractivity contribution in [3.05, 3.63) is 47.5 Å². The molecule has 0 unspecified atom stereocenters. The van der Waals surface area contributed by atoms with Crippen LogP contribution in [-0.4, -0.2) is 51.8 Å². The van der Waals surface area contributed by atoms with E-state index in [0.717, 1.165) is 31.9 Å². The number of quaternary nitrogens is 1. The molecule has 6 heteroatoms. The van der Waals surface area contributed by atoms with Gasteiger partial charge in [-0.25, -0.2) is 0 Å². The maximum atomic E-state index is 12.6. The van der Waals surface area contributed by atoms with E-state index >= 15 is 0 Å². The first-order chi connectivity index (χ1) is 14.5. The van der Waals surface area contributed by atoms with Crippen molar-refractivity contribution < 1.29 is 19.2 Å². The molecule has 3 rings (SSSR count). The van der Waals surface area contributed by atoms with Crippen LogP contribution in [0.15, 0.2) is 36.4 Å². The fourth-order valence-electron chi connectivity index (χ4n) is 3.88. The molecule has 2 N–H and O–H groups in total. The molecule has 0 bridgehead atoms. The number of rotatable bonds is 8. The van der Waals surface area contributed by atoms with E-state index in [-0.39, 0.29) is 5.91 Å². The predicted octanol–water partition coefficient (Wildman–Crippen LogP) is 2.44. The molecule has 0 atom stereocenters. The summed E-state index contributed by atoms with van der Waals surface area (Å²) in [6, 6.07) is 12.0. The van der Waals surface area contributed by atoms with E-state index in [1.54, 1.807) is 0 Å². The molecule has 6 nitrogen and oxygen atoms in total. The third-order valence-electron chi connectivity index (χ3n) is 5.62. The van der Waals surface area contributed by atoms with Gasteiger partial charge in [0.25, 0.3) is 5.91 Å². The molecule has 2 aromatic carbocycles. The van der Waals surface area contributed by atoms with Gasteiger partial charge in [0.2, 0.25) is 0 Å². The van der Waals surface area contributed by atoms with Crippen LogP contribution in [0.25, 0.3) is 0 Å². The summed E-state index contributed by atoms with van der Waals surface area (Å²) in [4.78, 5) is 16.3. The molecule has 1 amide bonds. The highest BCUT2D eigenvalue weighted by atomic mass is 16.5. The molecular formula is C24H34N3O3+. The average molecular weight is 413 g/mol. The van der Waals surface area contributed by atoms with Crippen LogP contribution in [0.1, 0.15) is 25.0 Å². The van der Waals surface area contributed by atoms with Crippen molar-refractivity contribution in [2.75, 3.05) is 56.2 Å². The lowest BCUT2D eigenvalue weighted by Crippen LogP contribution is -3.15. The number of carbonyl (C=O) groups excluding carboxylic acids is 1. The minimum Gasteiger partial charge on any atom is -0.490 e. The van der Waals surface area contributed by atoms with Gasteiger partial charge in [0, 0.05) is 17.4 Å². The monoisotopic (exact) mass is 412 g/mol. The minimum absolute atomic E-state index is 0.0248. The summed E-state index contributed by atoms with van der Waals surface area (Å²) < 4.78 is 11.2. The number of benzene rings is 2. The number of nitrogens with zero attached hydrogens (tertiary/aromatic N) is 1. The molecule has 1 saturated heterocycles. The first-order valence-electron chi connectivity index (χ1n) is 10.9. The van der Waals surface area contributed by atoms with Crippen LogP contribution in [0.5, 0.6) is 11.5 Å². The standard InChI is InChI=1S/C24H33N3O3/c1-5-29-22-11-10-20(16-23(22)30-6-2)25-24(28)17-26-12-14-27(15-13-26)21-9-7-8-18(3)19(21)4/h7-11,16H,5-6,12-15,17H2,1-4H3,(H,25,28)/p+1. The molecular weight excluding hydrogens is 378 g/mol. The Labute approximate surface area is 179 Å². The van der Waals surface area contributed by atoms with Crippen LogP contribution in [0, 0.1) is 13.8 Å². The zero-order valence-corrected chi connectivity index (χ0v) is 18.6. The first-order valence-corrected chi connectivity index (χ1v) is 10.9. The van der Waals surface area contributed by atoms with Gasteiger partial charge in [0.1, 0.15) is 0 Å². The number of ether oxygens (including phenoxy) is 2. The lowest BCUT2D eigenvalue weighted by molar-refractivity contribution is -0.892. The zero-order chi connectivity index (χ0) is 21.5. The van der Waals surface area contributed by atoms with Crippen LogP contribution in [-0.2, 0) is 4.79 Å². The highest BCUT2D eigenvalue weighted by molar-refractivity contribution is 5.91. The SMILES string of the molecule is CCOc1ccc(NC(=O)C[NH+]2CCN(c3cccc(C)c3C)CC2)cc1OCC. The van der Waals surface area contributed by atoms with Crippen molar-refractivity contribution in [2.24, 2.45) is 0 Å². The number of piperazine rings is 1. The van der Waals surface area contributed by atoms with E-state index < -0.39 is 0 Å². The van der Waals surface area contributed by atoms with E-state index in [1.807, 2.05) is 32.0 Å². The fourth-order valence-corrected chi connectivity index (χ4v) is 3.88. The van der Waals surface area contributed by atoms with Gasteiger partial charge in [-0.1, -0.05) is 12.1 Å². The van der Waals surface area contributed by atoms with E-state index in [2.05, 4.69) is 42.3 Å². The Bertz CT molecular complexity index is 861. The third kappa shape index (κ3) is 5.45. The average Bonchev–Trinajstić information content (AvgIpc) is 2.73. The molecule has 1 aliphatic heterocycles. The van der Waals surface area contributed by atoms with Crippen molar-refractivity contribution in [3.8, 4) is 11.5 Å². The molecule has 30 heavy (non-hydrogen) atoms. The smallest absolute Gasteiger partial charge is 0.279 e. The number of aryl methyl sites for hydroxylation is 1. The summed E-state index contributed by atoms with van der Waals surface area (Å²) in [7, 11) is 0. The highest BCUT2D eigenvalue weighted by Gasteiger charge is 2.23. The topological polar surface area (TPSA) is 55.2 Å². The normalized spacial score (nSPS) is 14.5. The summed E-state index contributed by atoms with van der Waals surface area (Å²) in [5.74, 6) is 1.38. The minimum atomic E-state index is 0.0248. The first kappa shape index (κ1) is 22.0. The van der Waals surface area contributed by atoms with Crippen LogP contribution < -0.4 is 24.6 Å². The van der Waals surface area contributed by atoms with Crippen LogP contribution in [0.3, 0.4) is 0 Å². The quantitative estimate of drug-likeness (QED) is 0.699. The van der Waals surface area contributed by atoms with Crippen molar-refractivity contribution in [1.82, 2.24) is 0 Å². The molecule has 0 radical (unpaired) electrons. The molecule has 1 fully saturated rings. The molecule has 1 aliphatic rings. The second-order valence-corrected chi connectivity index (χ2v) is 7.71. The van der Waals surface area contributed by atoms with Gasteiger partial charge in [-0.05, 0) is 57.0 Å². The molecule has 162 valence electrons. The van der Waals surface area contributed by atoms with Crippen LogP contribution in [0.2, 0.25) is 0 Å². The maximum absolute atomic E-state index is 12.6. The Kier molecular flexibility index (Phi) is 7.57. The fraction of sp³-hybridized carbons (Fsp3) is 0.458. The van der Waals surface area contributed by atoms with Crippen molar-refractivity contribution in [1.29, 1.82) is 0 Å². The zero-order valence-electron chi connectivity index (χ0n) is 18.6. The van der Waals surface area contributed by atoms with Crippen LogP contribution in [0.4, 0.5) is 11.4 Å². The molecule has 0 saturated carbocycles. The summed E-state index contributed by atoms with van der Waals surface area (Å²) in [6.45, 7) is 13.6. The second kappa shape index (κ2) is 10.3. The lowest BCUT2D eigenvalue weighted by Gasteiger charge is -2.34.